The average molecular weight is 417 g/mol. The minimum atomic E-state index is 0.0696. The molecule has 5 nitrogen and oxygen atoms in total. The van der Waals surface area contributed by atoms with Crippen LogP contribution in [0.5, 0.6) is 5.75 Å². The molecule has 0 radical (unpaired) electrons. The quantitative estimate of drug-likeness (QED) is 0.427. The molecule has 1 aromatic carbocycles. The highest BCUT2D eigenvalue weighted by atomic mass is 32.2. The van der Waals surface area contributed by atoms with Gasteiger partial charge in [-0.1, -0.05) is 29.5 Å². The van der Waals surface area contributed by atoms with Gasteiger partial charge in [0.1, 0.15) is 10.6 Å². The van der Waals surface area contributed by atoms with E-state index < -0.39 is 0 Å². The molecule has 0 unspecified atom stereocenters. The molecule has 0 aliphatic heterocycles. The predicted molar refractivity (Wildman–Crippen MR) is 115 cm³/mol. The summed E-state index contributed by atoms with van der Waals surface area (Å²) < 4.78 is 12.5. The minimum absolute atomic E-state index is 0.0696. The van der Waals surface area contributed by atoms with Gasteiger partial charge >= 0.3 is 0 Å². The van der Waals surface area contributed by atoms with Crippen molar-refractivity contribution in [1.82, 2.24) is 9.55 Å². The zero-order chi connectivity index (χ0) is 19.7. The first-order valence-electron chi connectivity index (χ1n) is 9.42. The van der Waals surface area contributed by atoms with E-state index in [1.165, 1.54) is 16.0 Å². The van der Waals surface area contributed by atoms with Crippen molar-refractivity contribution in [1.29, 1.82) is 0 Å². The van der Waals surface area contributed by atoms with Gasteiger partial charge in [-0.2, -0.15) is 0 Å². The lowest BCUT2D eigenvalue weighted by atomic mass is 10.1. The van der Waals surface area contributed by atoms with E-state index in [1.54, 1.807) is 41.9 Å². The monoisotopic (exact) mass is 416 g/mol. The van der Waals surface area contributed by atoms with Gasteiger partial charge in [-0.25, -0.2) is 4.98 Å². The molecule has 0 N–H and O–H groups in total. The highest BCUT2D eigenvalue weighted by Gasteiger charge is 2.23. The summed E-state index contributed by atoms with van der Waals surface area (Å²) in [5.41, 5.74) is 3.58. The third-order valence-electron chi connectivity index (χ3n) is 5.10. The Labute approximate surface area is 172 Å². The number of nitrogens with zero attached hydrogens (tertiary/aromatic N) is 2. The van der Waals surface area contributed by atoms with Crippen LogP contribution in [0.1, 0.15) is 28.0 Å². The zero-order valence-corrected chi connectivity index (χ0v) is 18.0. The lowest BCUT2D eigenvalue weighted by molar-refractivity contribution is 0.183. The Kier molecular flexibility index (Phi) is 5.75. The van der Waals surface area contributed by atoms with Crippen molar-refractivity contribution in [3.63, 3.8) is 0 Å². The second kappa shape index (κ2) is 8.27. The first-order valence-corrected chi connectivity index (χ1v) is 11.2. The van der Waals surface area contributed by atoms with Crippen molar-refractivity contribution >= 4 is 33.3 Å². The molecule has 4 rings (SSSR count). The molecular formula is C21H24N2O3S2. The van der Waals surface area contributed by atoms with Crippen molar-refractivity contribution in [2.45, 2.75) is 43.6 Å². The lowest BCUT2D eigenvalue weighted by Crippen LogP contribution is -2.25. The molecule has 3 aromatic rings. The summed E-state index contributed by atoms with van der Waals surface area (Å²) >= 11 is 3.27. The number of thioether (sulfide) groups is 1. The van der Waals surface area contributed by atoms with Gasteiger partial charge in [-0.05, 0) is 37.8 Å². The van der Waals surface area contributed by atoms with Crippen LogP contribution in [0, 0.1) is 6.92 Å². The number of rotatable bonds is 7. The number of aryl methyl sites for hydroxylation is 3. The van der Waals surface area contributed by atoms with Crippen LogP contribution < -0.4 is 10.3 Å². The van der Waals surface area contributed by atoms with E-state index >= 15 is 0 Å². The normalized spacial score (nSPS) is 13.2. The fraction of sp³-hybridized carbons (Fsp3) is 0.429. The summed E-state index contributed by atoms with van der Waals surface area (Å²) in [5.74, 6) is 1.56. The Balaban J connectivity index is 1.73. The Bertz CT molecular complexity index is 1070. The molecule has 0 atom stereocenters. The number of ether oxygens (including phenoxy) is 2. The van der Waals surface area contributed by atoms with E-state index in [9.17, 15) is 4.79 Å². The van der Waals surface area contributed by atoms with Crippen molar-refractivity contribution in [2.24, 2.45) is 0 Å². The summed E-state index contributed by atoms with van der Waals surface area (Å²) in [7, 11) is 3.34. The number of benzene rings is 1. The highest BCUT2D eigenvalue weighted by molar-refractivity contribution is 7.98. The smallest absolute Gasteiger partial charge is 0.263 e. The third kappa shape index (κ3) is 3.58. The van der Waals surface area contributed by atoms with E-state index in [-0.39, 0.29) is 5.56 Å². The molecule has 28 heavy (non-hydrogen) atoms. The molecule has 148 valence electrons. The molecule has 0 saturated carbocycles. The summed E-state index contributed by atoms with van der Waals surface area (Å²) in [6.45, 7) is 3.07. The number of hydrogen-bond donors (Lipinski definition) is 0. The van der Waals surface area contributed by atoms with Gasteiger partial charge in [0.25, 0.3) is 5.56 Å². The van der Waals surface area contributed by atoms with Gasteiger partial charge in [0.2, 0.25) is 0 Å². The molecule has 1 aliphatic rings. The Morgan fingerprint density at radius 2 is 2.14 bits per heavy atom. The van der Waals surface area contributed by atoms with Crippen LogP contribution in [-0.2, 0) is 29.9 Å². The lowest BCUT2D eigenvalue weighted by Gasteiger charge is -2.13. The number of hydrogen-bond acceptors (Lipinski definition) is 6. The number of methoxy groups -OCH3 is 2. The van der Waals surface area contributed by atoms with Crippen LogP contribution in [0.3, 0.4) is 0 Å². The van der Waals surface area contributed by atoms with E-state index in [4.69, 9.17) is 14.5 Å². The van der Waals surface area contributed by atoms with E-state index in [2.05, 4.69) is 13.0 Å². The Hall–Kier alpha value is -1.83. The van der Waals surface area contributed by atoms with Gasteiger partial charge in [-0.3, -0.25) is 9.36 Å². The second-order valence-corrected chi connectivity index (χ2v) is 9.01. The van der Waals surface area contributed by atoms with Crippen LogP contribution in [0.25, 0.3) is 10.2 Å². The van der Waals surface area contributed by atoms with Crippen LogP contribution in [0.4, 0.5) is 0 Å². The average Bonchev–Trinajstić information content (AvgIpc) is 3.26. The van der Waals surface area contributed by atoms with Crippen LogP contribution >= 0.6 is 23.1 Å². The molecule has 1 aliphatic carbocycles. The minimum Gasteiger partial charge on any atom is -0.496 e. The van der Waals surface area contributed by atoms with E-state index in [0.29, 0.717) is 18.9 Å². The van der Waals surface area contributed by atoms with Crippen LogP contribution in [0.15, 0.2) is 28.2 Å². The molecule has 0 amide bonds. The van der Waals surface area contributed by atoms with Crippen molar-refractivity contribution in [3.05, 3.63) is 50.1 Å². The summed E-state index contributed by atoms with van der Waals surface area (Å²) in [6, 6.07) is 6.16. The first-order chi connectivity index (χ1) is 13.6. The molecule has 0 fully saturated rings. The van der Waals surface area contributed by atoms with Crippen LogP contribution in [0.2, 0.25) is 0 Å². The van der Waals surface area contributed by atoms with E-state index in [0.717, 1.165) is 45.9 Å². The summed E-state index contributed by atoms with van der Waals surface area (Å²) in [6.07, 6.45) is 3.19. The van der Waals surface area contributed by atoms with Crippen molar-refractivity contribution in [3.8, 4) is 5.75 Å². The first kappa shape index (κ1) is 19.5. The number of thiophene rings is 1. The Morgan fingerprint density at radius 3 is 2.93 bits per heavy atom. The standard InChI is InChI=1S/C21H24N2O3S2/c1-13-7-8-16(26-3)14(11-13)12-27-21-22-19-18(15-5-4-6-17(15)28-19)20(24)23(21)9-10-25-2/h7-8,11H,4-6,9-10,12H2,1-3H3. The highest BCUT2D eigenvalue weighted by Crippen LogP contribution is 2.36. The summed E-state index contributed by atoms with van der Waals surface area (Å²) in [4.78, 5) is 20.4. The summed E-state index contributed by atoms with van der Waals surface area (Å²) in [5, 5.41) is 1.57. The maximum absolute atomic E-state index is 13.3. The fourth-order valence-corrected chi connectivity index (χ4v) is 6.02. The maximum Gasteiger partial charge on any atom is 0.263 e. The third-order valence-corrected chi connectivity index (χ3v) is 7.31. The van der Waals surface area contributed by atoms with Gasteiger partial charge < -0.3 is 9.47 Å². The second-order valence-electron chi connectivity index (χ2n) is 6.99. The van der Waals surface area contributed by atoms with Gasteiger partial charge in [0.15, 0.2) is 5.16 Å². The molecular weight excluding hydrogens is 392 g/mol. The van der Waals surface area contributed by atoms with Crippen molar-refractivity contribution < 1.29 is 9.47 Å². The molecule has 0 saturated heterocycles. The maximum atomic E-state index is 13.3. The molecule has 0 bridgehead atoms. The van der Waals surface area contributed by atoms with Gasteiger partial charge in [0, 0.05) is 23.3 Å². The largest absolute Gasteiger partial charge is 0.496 e. The number of aromatic nitrogens is 2. The topological polar surface area (TPSA) is 53.4 Å². The van der Waals surface area contributed by atoms with E-state index in [1.807, 2.05) is 12.1 Å². The van der Waals surface area contributed by atoms with Crippen LogP contribution in [-0.4, -0.2) is 30.4 Å². The van der Waals surface area contributed by atoms with Gasteiger partial charge in [-0.15, -0.1) is 11.3 Å². The number of fused-ring (bicyclic) bond motifs is 3. The predicted octanol–water partition coefficient (Wildman–Crippen LogP) is 4.20. The fourth-order valence-electron chi connectivity index (χ4n) is 3.71. The molecule has 2 heterocycles. The SMILES string of the molecule is COCCn1c(SCc2cc(C)ccc2OC)nc2sc3c(c2c1=O)CCC3. The van der Waals surface area contributed by atoms with Crippen molar-refractivity contribution in [2.75, 3.05) is 20.8 Å². The molecule has 0 spiro atoms. The molecule has 2 aromatic heterocycles. The van der Waals surface area contributed by atoms with Gasteiger partial charge in [0.05, 0.1) is 25.6 Å². The Morgan fingerprint density at radius 1 is 1.29 bits per heavy atom. The molecule has 7 heteroatoms. The zero-order valence-electron chi connectivity index (χ0n) is 16.4.